The second-order valence-electron chi connectivity index (χ2n) is 3.22. The van der Waals surface area contributed by atoms with Crippen LogP contribution in [0.2, 0.25) is 0 Å². The number of cyclic esters (lactones) is 1. The van der Waals surface area contributed by atoms with Gasteiger partial charge in [-0.05, 0) is 40.5 Å². The number of anilines is 1. The predicted molar refractivity (Wildman–Crippen MR) is 57.4 cm³/mol. The Hall–Kier alpha value is -1.10. The molecule has 0 aliphatic carbocycles. The molecule has 1 aromatic carbocycles. The average Bonchev–Trinajstić information content (AvgIpc) is 2.23. The van der Waals surface area contributed by atoms with Crippen molar-refractivity contribution in [3.8, 4) is 0 Å². The Kier molecular flexibility index (Phi) is 2.90. The number of nitrogens with zero attached hydrogens (tertiary/aromatic N) is 1. The molecule has 1 saturated heterocycles. The van der Waals surface area contributed by atoms with Crippen LogP contribution in [0.4, 0.5) is 14.9 Å². The van der Waals surface area contributed by atoms with Crippen LogP contribution in [0, 0.1) is 5.82 Å². The van der Waals surface area contributed by atoms with Gasteiger partial charge in [-0.25, -0.2) is 9.18 Å². The number of hydrogen-bond acceptors (Lipinski definition) is 2. The highest BCUT2D eigenvalue weighted by Crippen LogP contribution is 2.24. The van der Waals surface area contributed by atoms with E-state index in [0.717, 1.165) is 6.42 Å². The van der Waals surface area contributed by atoms with E-state index in [1.165, 1.54) is 11.0 Å². The maximum atomic E-state index is 13.0. The van der Waals surface area contributed by atoms with Crippen LogP contribution in [0.15, 0.2) is 22.7 Å². The normalized spacial score (nSPS) is 16.4. The van der Waals surface area contributed by atoms with Crippen molar-refractivity contribution in [3.63, 3.8) is 0 Å². The van der Waals surface area contributed by atoms with Gasteiger partial charge in [-0.15, -0.1) is 0 Å². The van der Waals surface area contributed by atoms with Gasteiger partial charge in [-0.3, -0.25) is 4.90 Å². The third-order valence-corrected chi connectivity index (χ3v) is 2.79. The zero-order valence-corrected chi connectivity index (χ0v) is 9.46. The van der Waals surface area contributed by atoms with Crippen LogP contribution >= 0.6 is 15.9 Å². The SMILES string of the molecule is O=C1OCCCN1c1ccc(F)c(Br)c1. The van der Waals surface area contributed by atoms with Crippen LogP contribution in [0.3, 0.4) is 0 Å². The highest BCUT2D eigenvalue weighted by molar-refractivity contribution is 9.10. The minimum Gasteiger partial charge on any atom is -0.449 e. The van der Waals surface area contributed by atoms with Crippen molar-refractivity contribution in [2.24, 2.45) is 0 Å². The minimum absolute atomic E-state index is 0.343. The summed E-state index contributed by atoms with van der Waals surface area (Å²) in [4.78, 5) is 12.9. The van der Waals surface area contributed by atoms with E-state index in [4.69, 9.17) is 4.74 Å². The van der Waals surface area contributed by atoms with Gasteiger partial charge in [0.25, 0.3) is 0 Å². The molecule has 5 heteroatoms. The second-order valence-corrected chi connectivity index (χ2v) is 4.07. The Morgan fingerprint density at radius 1 is 1.47 bits per heavy atom. The van der Waals surface area contributed by atoms with Crippen LogP contribution in [0.1, 0.15) is 6.42 Å². The maximum Gasteiger partial charge on any atom is 0.414 e. The third kappa shape index (κ3) is 2.12. The number of carbonyl (C=O) groups is 1. The summed E-state index contributed by atoms with van der Waals surface area (Å²) < 4.78 is 18.2. The van der Waals surface area contributed by atoms with Crippen LogP contribution in [0.5, 0.6) is 0 Å². The van der Waals surface area contributed by atoms with Crippen molar-refractivity contribution < 1.29 is 13.9 Å². The lowest BCUT2D eigenvalue weighted by molar-refractivity contribution is 0.140. The molecular formula is C10H9BrFNO2. The summed E-state index contributed by atoms with van der Waals surface area (Å²) in [5.74, 6) is -0.343. The van der Waals surface area contributed by atoms with Crippen LogP contribution in [-0.4, -0.2) is 19.2 Å². The van der Waals surface area contributed by atoms with E-state index in [2.05, 4.69) is 15.9 Å². The molecular weight excluding hydrogens is 265 g/mol. The number of rotatable bonds is 1. The molecule has 0 unspecified atom stereocenters. The summed E-state index contributed by atoms with van der Waals surface area (Å²) in [6.45, 7) is 1.06. The molecule has 15 heavy (non-hydrogen) atoms. The highest BCUT2D eigenvalue weighted by Gasteiger charge is 2.21. The molecule has 1 aromatic rings. The lowest BCUT2D eigenvalue weighted by Crippen LogP contribution is -2.37. The zero-order valence-electron chi connectivity index (χ0n) is 7.87. The molecule has 1 aliphatic heterocycles. The van der Waals surface area contributed by atoms with Crippen molar-refractivity contribution in [2.75, 3.05) is 18.1 Å². The monoisotopic (exact) mass is 273 g/mol. The summed E-state index contributed by atoms with van der Waals surface area (Å²) >= 11 is 3.08. The smallest absolute Gasteiger partial charge is 0.414 e. The first kappa shape index (κ1) is 10.4. The van der Waals surface area contributed by atoms with Crippen LogP contribution in [0.25, 0.3) is 0 Å². The lowest BCUT2D eigenvalue weighted by atomic mass is 10.2. The Morgan fingerprint density at radius 2 is 2.27 bits per heavy atom. The molecule has 1 amide bonds. The third-order valence-electron chi connectivity index (χ3n) is 2.19. The highest BCUT2D eigenvalue weighted by atomic mass is 79.9. The van der Waals surface area contributed by atoms with E-state index < -0.39 is 0 Å². The summed E-state index contributed by atoms with van der Waals surface area (Å²) in [5.41, 5.74) is 0.646. The van der Waals surface area contributed by atoms with Gasteiger partial charge in [0.2, 0.25) is 0 Å². The number of amides is 1. The van der Waals surface area contributed by atoms with Crippen molar-refractivity contribution in [1.82, 2.24) is 0 Å². The van der Waals surface area contributed by atoms with E-state index >= 15 is 0 Å². The number of halogens is 2. The Balaban J connectivity index is 2.28. The van der Waals surface area contributed by atoms with Crippen LogP contribution in [-0.2, 0) is 4.74 Å². The molecule has 1 fully saturated rings. The number of hydrogen-bond donors (Lipinski definition) is 0. The van der Waals surface area contributed by atoms with E-state index in [1.807, 2.05) is 0 Å². The van der Waals surface area contributed by atoms with Crippen molar-refractivity contribution >= 4 is 27.7 Å². The molecule has 80 valence electrons. The average molecular weight is 274 g/mol. The zero-order chi connectivity index (χ0) is 10.8. The minimum atomic E-state index is -0.375. The van der Waals surface area contributed by atoms with Gasteiger partial charge < -0.3 is 4.74 Å². The maximum absolute atomic E-state index is 13.0. The standard InChI is InChI=1S/C10H9BrFNO2/c11-8-6-7(2-3-9(8)12)13-4-1-5-15-10(13)14/h2-3,6H,1,4-5H2. The van der Waals surface area contributed by atoms with Gasteiger partial charge in [0.1, 0.15) is 5.82 Å². The van der Waals surface area contributed by atoms with Crippen molar-refractivity contribution in [1.29, 1.82) is 0 Å². The quantitative estimate of drug-likeness (QED) is 0.788. The molecule has 0 aromatic heterocycles. The topological polar surface area (TPSA) is 29.5 Å². The van der Waals surface area contributed by atoms with E-state index in [9.17, 15) is 9.18 Å². The van der Waals surface area contributed by atoms with Gasteiger partial charge in [0, 0.05) is 12.2 Å². The van der Waals surface area contributed by atoms with Gasteiger partial charge >= 0.3 is 6.09 Å². The molecule has 0 bridgehead atoms. The fourth-order valence-corrected chi connectivity index (χ4v) is 1.81. The molecule has 0 spiro atoms. The van der Waals surface area contributed by atoms with Crippen LogP contribution < -0.4 is 4.90 Å². The number of benzene rings is 1. The second kappa shape index (κ2) is 4.18. The first-order chi connectivity index (χ1) is 7.18. The number of carbonyl (C=O) groups excluding carboxylic acids is 1. The molecule has 1 aliphatic rings. The summed E-state index contributed by atoms with van der Waals surface area (Å²) in [5, 5.41) is 0. The summed E-state index contributed by atoms with van der Waals surface area (Å²) in [7, 11) is 0. The fourth-order valence-electron chi connectivity index (χ4n) is 1.44. The first-order valence-corrected chi connectivity index (χ1v) is 5.37. The molecule has 0 saturated carbocycles. The summed E-state index contributed by atoms with van der Waals surface area (Å²) in [6, 6.07) is 4.45. The Labute approximate surface area is 95.0 Å². The first-order valence-electron chi connectivity index (χ1n) is 4.58. The Morgan fingerprint density at radius 3 is 2.93 bits per heavy atom. The molecule has 2 rings (SSSR count). The number of ether oxygens (including phenoxy) is 1. The van der Waals surface area contributed by atoms with Gasteiger partial charge in [-0.2, -0.15) is 0 Å². The molecule has 3 nitrogen and oxygen atoms in total. The molecule has 0 N–H and O–H groups in total. The van der Waals surface area contributed by atoms with Crippen molar-refractivity contribution in [3.05, 3.63) is 28.5 Å². The Bertz CT molecular complexity index is 397. The lowest BCUT2D eigenvalue weighted by Gasteiger charge is -2.26. The van der Waals surface area contributed by atoms with Gasteiger partial charge in [0.15, 0.2) is 0 Å². The van der Waals surface area contributed by atoms with Crippen molar-refractivity contribution in [2.45, 2.75) is 6.42 Å². The van der Waals surface area contributed by atoms with Gasteiger partial charge in [-0.1, -0.05) is 0 Å². The van der Waals surface area contributed by atoms with E-state index in [-0.39, 0.29) is 11.9 Å². The molecule has 0 radical (unpaired) electrons. The van der Waals surface area contributed by atoms with E-state index in [0.29, 0.717) is 23.3 Å². The molecule has 1 heterocycles. The van der Waals surface area contributed by atoms with E-state index in [1.54, 1.807) is 12.1 Å². The predicted octanol–water partition coefficient (Wildman–Crippen LogP) is 2.93. The summed E-state index contributed by atoms with van der Waals surface area (Å²) in [6.07, 6.45) is 0.417. The largest absolute Gasteiger partial charge is 0.449 e. The van der Waals surface area contributed by atoms with Gasteiger partial charge in [0.05, 0.1) is 11.1 Å². The molecule has 0 atom stereocenters. The fraction of sp³-hybridized carbons (Fsp3) is 0.300.